The summed E-state index contributed by atoms with van der Waals surface area (Å²) < 4.78 is 25.3. The van der Waals surface area contributed by atoms with Crippen LogP contribution in [-0.4, -0.2) is 20.0 Å². The fourth-order valence-electron chi connectivity index (χ4n) is 5.09. The van der Waals surface area contributed by atoms with Crippen LogP contribution in [0.15, 0.2) is 35.2 Å². The lowest BCUT2D eigenvalue weighted by Crippen LogP contribution is -2.40. The van der Waals surface area contributed by atoms with Gasteiger partial charge < -0.3 is 0 Å². The molecule has 0 radical (unpaired) electrons. The number of ketones is 1. The predicted molar refractivity (Wildman–Crippen MR) is 90.8 cm³/mol. The van der Waals surface area contributed by atoms with Gasteiger partial charge in [0.1, 0.15) is 5.78 Å². The monoisotopic (exact) mass is 334 g/mol. The minimum Gasteiger partial charge on any atom is -0.299 e. The van der Waals surface area contributed by atoms with Crippen molar-refractivity contribution in [3.8, 4) is 0 Å². The van der Waals surface area contributed by atoms with E-state index < -0.39 is 9.84 Å². The number of carbonyl (C=O) groups is 1. The molecular formula is C19H26O3S. The molecule has 1 aromatic carbocycles. The summed E-state index contributed by atoms with van der Waals surface area (Å²) in [5.74, 6) is 1.15. The van der Waals surface area contributed by atoms with E-state index >= 15 is 0 Å². The van der Waals surface area contributed by atoms with Crippen molar-refractivity contribution >= 4 is 15.6 Å². The third kappa shape index (κ3) is 2.98. The van der Waals surface area contributed by atoms with Crippen LogP contribution in [0.5, 0.6) is 0 Å². The summed E-state index contributed by atoms with van der Waals surface area (Å²) in [6.45, 7) is 4.27. The standard InChI is InChI=1S/C19H26O3S/c1-14(13-23(21,22)15-7-4-3-5-8-15)16-10-11-17-18(20)9-6-12-19(16,17)2/h3-5,7-8,14,16-17H,6,9-13H2,1-2H3/t14?,16?,17?,19-/m1/s1. The van der Waals surface area contributed by atoms with Gasteiger partial charge in [-0.15, -0.1) is 0 Å². The molecule has 4 atom stereocenters. The maximum Gasteiger partial charge on any atom is 0.178 e. The minimum atomic E-state index is -3.26. The number of hydrogen-bond donors (Lipinski definition) is 0. The summed E-state index contributed by atoms with van der Waals surface area (Å²) in [4.78, 5) is 12.6. The zero-order chi connectivity index (χ0) is 16.7. The zero-order valence-electron chi connectivity index (χ0n) is 14.0. The summed E-state index contributed by atoms with van der Waals surface area (Å²) in [5, 5.41) is 0. The molecule has 2 saturated carbocycles. The van der Waals surface area contributed by atoms with Crippen LogP contribution in [0.1, 0.15) is 46.0 Å². The Morgan fingerprint density at radius 3 is 2.61 bits per heavy atom. The third-order valence-electron chi connectivity index (χ3n) is 6.21. The molecule has 2 fully saturated rings. The molecule has 0 aliphatic heterocycles. The summed E-state index contributed by atoms with van der Waals surface area (Å²) in [6, 6.07) is 8.71. The van der Waals surface area contributed by atoms with Crippen molar-refractivity contribution in [2.24, 2.45) is 23.2 Å². The van der Waals surface area contributed by atoms with Crippen LogP contribution < -0.4 is 0 Å². The van der Waals surface area contributed by atoms with Crippen LogP contribution in [0, 0.1) is 23.2 Å². The van der Waals surface area contributed by atoms with E-state index in [0.717, 1.165) is 25.7 Å². The number of sulfone groups is 1. The normalized spacial score (nSPS) is 32.5. The summed E-state index contributed by atoms with van der Waals surface area (Å²) in [6.07, 6.45) is 4.65. The van der Waals surface area contributed by atoms with Gasteiger partial charge in [-0.25, -0.2) is 8.42 Å². The Balaban J connectivity index is 1.79. The van der Waals surface area contributed by atoms with Gasteiger partial charge in [0.2, 0.25) is 0 Å². The molecule has 3 nitrogen and oxygen atoms in total. The molecule has 3 unspecified atom stereocenters. The quantitative estimate of drug-likeness (QED) is 0.839. The van der Waals surface area contributed by atoms with E-state index in [0.29, 0.717) is 23.0 Å². The van der Waals surface area contributed by atoms with Gasteiger partial charge in [0.05, 0.1) is 10.6 Å². The first kappa shape index (κ1) is 16.7. The number of hydrogen-bond acceptors (Lipinski definition) is 3. The molecule has 0 saturated heterocycles. The molecule has 2 aliphatic carbocycles. The fraction of sp³-hybridized carbons (Fsp3) is 0.632. The van der Waals surface area contributed by atoms with E-state index in [9.17, 15) is 13.2 Å². The van der Waals surface area contributed by atoms with Gasteiger partial charge in [0.15, 0.2) is 9.84 Å². The lowest BCUT2D eigenvalue weighted by atomic mass is 9.62. The Labute approximate surface area is 139 Å². The van der Waals surface area contributed by atoms with Crippen LogP contribution in [0.3, 0.4) is 0 Å². The molecule has 0 amide bonds. The third-order valence-corrected chi connectivity index (χ3v) is 8.16. The first-order chi connectivity index (χ1) is 10.8. The molecular weight excluding hydrogens is 308 g/mol. The predicted octanol–water partition coefficient (Wildman–Crippen LogP) is 3.88. The molecule has 3 rings (SSSR count). The highest BCUT2D eigenvalue weighted by atomic mass is 32.2. The first-order valence-electron chi connectivity index (χ1n) is 8.65. The summed E-state index contributed by atoms with van der Waals surface area (Å²) in [5.41, 5.74) is 0.000950. The molecule has 23 heavy (non-hydrogen) atoms. The van der Waals surface area contributed by atoms with Gasteiger partial charge in [0.25, 0.3) is 0 Å². The minimum absolute atomic E-state index is 0.000950. The van der Waals surface area contributed by atoms with E-state index in [-0.39, 0.29) is 23.0 Å². The zero-order valence-corrected chi connectivity index (χ0v) is 14.8. The average Bonchev–Trinajstić information content (AvgIpc) is 2.86. The molecule has 0 aromatic heterocycles. The highest BCUT2D eigenvalue weighted by Gasteiger charge is 2.52. The van der Waals surface area contributed by atoms with E-state index in [4.69, 9.17) is 0 Å². The van der Waals surface area contributed by atoms with Crippen LogP contribution in [0.2, 0.25) is 0 Å². The molecule has 2 aliphatic rings. The van der Waals surface area contributed by atoms with Crippen molar-refractivity contribution in [3.63, 3.8) is 0 Å². The van der Waals surface area contributed by atoms with Crippen molar-refractivity contribution in [2.75, 3.05) is 5.75 Å². The van der Waals surface area contributed by atoms with Crippen molar-refractivity contribution in [3.05, 3.63) is 30.3 Å². The fourth-order valence-corrected chi connectivity index (χ4v) is 6.78. The molecule has 0 N–H and O–H groups in total. The van der Waals surface area contributed by atoms with Crippen molar-refractivity contribution in [1.29, 1.82) is 0 Å². The van der Waals surface area contributed by atoms with E-state index in [1.165, 1.54) is 0 Å². The highest BCUT2D eigenvalue weighted by Crippen LogP contribution is 2.56. The van der Waals surface area contributed by atoms with Crippen LogP contribution in [0.4, 0.5) is 0 Å². The molecule has 1 aromatic rings. The second-order valence-electron chi connectivity index (χ2n) is 7.63. The van der Waals surface area contributed by atoms with Gasteiger partial charge in [0, 0.05) is 12.3 Å². The van der Waals surface area contributed by atoms with E-state index in [1.54, 1.807) is 24.3 Å². The number of benzene rings is 1. The SMILES string of the molecule is CC(CS(=O)(=O)c1ccccc1)C1CCC2C(=O)CCC[C@@]21C. The highest BCUT2D eigenvalue weighted by molar-refractivity contribution is 7.91. The van der Waals surface area contributed by atoms with Crippen molar-refractivity contribution < 1.29 is 13.2 Å². The molecule has 0 bridgehead atoms. The van der Waals surface area contributed by atoms with Crippen LogP contribution in [-0.2, 0) is 14.6 Å². The van der Waals surface area contributed by atoms with Gasteiger partial charge in [-0.05, 0) is 55.1 Å². The molecule has 4 heteroatoms. The maximum atomic E-state index is 12.7. The summed E-state index contributed by atoms with van der Waals surface area (Å²) >= 11 is 0. The van der Waals surface area contributed by atoms with Gasteiger partial charge in [-0.2, -0.15) is 0 Å². The van der Waals surface area contributed by atoms with Crippen LogP contribution in [0.25, 0.3) is 0 Å². The Kier molecular flexibility index (Phi) is 4.39. The number of carbonyl (C=O) groups excluding carboxylic acids is 1. The number of rotatable bonds is 4. The summed E-state index contributed by atoms with van der Waals surface area (Å²) in [7, 11) is -3.26. The Morgan fingerprint density at radius 1 is 1.22 bits per heavy atom. The second kappa shape index (κ2) is 6.04. The topological polar surface area (TPSA) is 51.2 Å². The van der Waals surface area contributed by atoms with Crippen molar-refractivity contribution in [2.45, 2.75) is 50.8 Å². The Morgan fingerprint density at radius 2 is 1.91 bits per heavy atom. The van der Waals surface area contributed by atoms with E-state index in [1.807, 2.05) is 6.07 Å². The maximum absolute atomic E-state index is 12.7. The molecule has 0 spiro atoms. The Bertz CT molecular complexity index is 680. The Hall–Kier alpha value is -1.16. The largest absolute Gasteiger partial charge is 0.299 e. The van der Waals surface area contributed by atoms with E-state index in [2.05, 4.69) is 13.8 Å². The van der Waals surface area contributed by atoms with Gasteiger partial charge in [-0.3, -0.25) is 4.79 Å². The van der Waals surface area contributed by atoms with Gasteiger partial charge in [-0.1, -0.05) is 32.0 Å². The number of Topliss-reactive ketones (excluding diaryl/α,β-unsaturated/α-hetero) is 1. The van der Waals surface area contributed by atoms with Crippen LogP contribution >= 0.6 is 0 Å². The number of fused-ring (bicyclic) bond motifs is 1. The second-order valence-corrected chi connectivity index (χ2v) is 9.67. The molecule has 126 valence electrons. The van der Waals surface area contributed by atoms with Gasteiger partial charge >= 0.3 is 0 Å². The lowest BCUT2D eigenvalue weighted by molar-refractivity contribution is -0.129. The molecule has 0 heterocycles. The lowest BCUT2D eigenvalue weighted by Gasteiger charge is -2.42. The average molecular weight is 334 g/mol. The smallest absolute Gasteiger partial charge is 0.178 e. The first-order valence-corrected chi connectivity index (χ1v) is 10.3. The van der Waals surface area contributed by atoms with Crippen molar-refractivity contribution in [1.82, 2.24) is 0 Å².